The molecule has 0 aliphatic carbocycles. The van der Waals surface area contributed by atoms with Crippen molar-refractivity contribution in [3.63, 3.8) is 0 Å². The third-order valence-corrected chi connectivity index (χ3v) is 4.91. The standard InChI is InChI=1S/C23H29N5O2.HI/c1-3-24-22(30)17-9-7-8-16(12-17)14-26-23(25-4-2)27-15-18-13-21(29)28-20-11-6-5-10-19(18)20;/h5-12,18H,3-4,13-15H2,1-2H3,(H,24,30)(H,28,29)(H2,25,26,27);1H. The maximum Gasteiger partial charge on any atom is 0.251 e. The summed E-state index contributed by atoms with van der Waals surface area (Å²) in [6, 6.07) is 15.4. The van der Waals surface area contributed by atoms with Gasteiger partial charge in [-0.1, -0.05) is 30.3 Å². The van der Waals surface area contributed by atoms with Crippen molar-refractivity contribution in [2.24, 2.45) is 4.99 Å². The van der Waals surface area contributed by atoms with Crippen LogP contribution in [0.4, 0.5) is 5.69 Å². The van der Waals surface area contributed by atoms with Crippen molar-refractivity contribution >= 4 is 47.4 Å². The third-order valence-electron chi connectivity index (χ3n) is 4.91. The number of hydrogen-bond donors (Lipinski definition) is 4. The predicted octanol–water partition coefficient (Wildman–Crippen LogP) is 3.24. The topological polar surface area (TPSA) is 94.6 Å². The van der Waals surface area contributed by atoms with Crippen molar-refractivity contribution in [3.8, 4) is 0 Å². The van der Waals surface area contributed by atoms with Crippen LogP contribution in [0, 0.1) is 0 Å². The second-order valence-corrected chi connectivity index (χ2v) is 7.17. The number of halogens is 1. The molecule has 8 heteroatoms. The number of aliphatic imine (C=N–C) groups is 1. The van der Waals surface area contributed by atoms with E-state index in [4.69, 9.17) is 0 Å². The molecule has 0 spiro atoms. The third kappa shape index (κ3) is 6.95. The van der Waals surface area contributed by atoms with Crippen molar-refractivity contribution in [2.45, 2.75) is 32.7 Å². The van der Waals surface area contributed by atoms with E-state index in [1.165, 1.54) is 0 Å². The summed E-state index contributed by atoms with van der Waals surface area (Å²) in [4.78, 5) is 28.7. The number of rotatable bonds is 7. The molecule has 0 bridgehead atoms. The van der Waals surface area contributed by atoms with Crippen molar-refractivity contribution in [1.29, 1.82) is 0 Å². The zero-order chi connectivity index (χ0) is 21.3. The van der Waals surface area contributed by atoms with E-state index in [1.807, 2.05) is 50.2 Å². The lowest BCUT2D eigenvalue weighted by Crippen LogP contribution is -2.40. The van der Waals surface area contributed by atoms with E-state index in [9.17, 15) is 9.59 Å². The number of amides is 2. The number of carbonyl (C=O) groups excluding carboxylic acids is 2. The number of para-hydroxylation sites is 1. The number of nitrogens with one attached hydrogen (secondary N) is 4. The maximum atomic E-state index is 12.0. The number of carbonyl (C=O) groups is 2. The minimum absolute atomic E-state index is 0. The molecular weight excluding hydrogens is 505 g/mol. The van der Waals surface area contributed by atoms with E-state index in [0.717, 1.165) is 23.4 Å². The number of fused-ring (bicyclic) bond motifs is 1. The van der Waals surface area contributed by atoms with E-state index >= 15 is 0 Å². The molecule has 2 amide bonds. The van der Waals surface area contributed by atoms with Gasteiger partial charge in [-0.25, -0.2) is 4.99 Å². The normalized spacial score (nSPS) is 15.2. The van der Waals surface area contributed by atoms with Crippen LogP contribution in [0.2, 0.25) is 0 Å². The van der Waals surface area contributed by atoms with E-state index in [2.05, 4.69) is 32.3 Å². The summed E-state index contributed by atoms with van der Waals surface area (Å²) in [7, 11) is 0. The fourth-order valence-corrected chi connectivity index (χ4v) is 3.49. The van der Waals surface area contributed by atoms with Crippen LogP contribution < -0.4 is 21.3 Å². The second-order valence-electron chi connectivity index (χ2n) is 7.17. The first-order chi connectivity index (χ1) is 14.6. The lowest BCUT2D eigenvalue weighted by atomic mass is 9.90. The Morgan fingerprint density at radius 1 is 1.06 bits per heavy atom. The first-order valence-electron chi connectivity index (χ1n) is 10.4. The lowest BCUT2D eigenvalue weighted by Gasteiger charge is -2.26. The molecule has 1 aliphatic heterocycles. The van der Waals surface area contributed by atoms with Gasteiger partial charge < -0.3 is 21.3 Å². The van der Waals surface area contributed by atoms with Crippen LogP contribution in [0.15, 0.2) is 53.5 Å². The van der Waals surface area contributed by atoms with Crippen LogP contribution in [0.25, 0.3) is 0 Å². The fourth-order valence-electron chi connectivity index (χ4n) is 3.49. The summed E-state index contributed by atoms with van der Waals surface area (Å²) >= 11 is 0. The quantitative estimate of drug-likeness (QED) is 0.249. The van der Waals surface area contributed by atoms with Gasteiger partial charge in [0, 0.05) is 43.2 Å². The Morgan fingerprint density at radius 2 is 1.84 bits per heavy atom. The molecule has 31 heavy (non-hydrogen) atoms. The van der Waals surface area contributed by atoms with Crippen LogP contribution >= 0.6 is 24.0 Å². The Labute approximate surface area is 200 Å². The number of anilines is 1. The first-order valence-corrected chi connectivity index (χ1v) is 10.4. The molecule has 0 aromatic heterocycles. The van der Waals surface area contributed by atoms with Crippen molar-refractivity contribution in [1.82, 2.24) is 16.0 Å². The SMILES string of the molecule is CCNC(=O)c1cccc(CN=C(NCC)NCC2CC(=O)Nc3ccccc32)c1.I. The first kappa shape index (κ1) is 24.6. The smallest absolute Gasteiger partial charge is 0.251 e. The van der Waals surface area contributed by atoms with Gasteiger partial charge in [-0.05, 0) is 43.2 Å². The predicted molar refractivity (Wildman–Crippen MR) is 135 cm³/mol. The van der Waals surface area contributed by atoms with E-state index < -0.39 is 0 Å². The minimum Gasteiger partial charge on any atom is -0.357 e. The highest BCUT2D eigenvalue weighted by Crippen LogP contribution is 2.31. The lowest BCUT2D eigenvalue weighted by molar-refractivity contribution is -0.116. The summed E-state index contributed by atoms with van der Waals surface area (Å²) in [6.07, 6.45) is 0.442. The molecule has 3 rings (SSSR count). The van der Waals surface area contributed by atoms with Gasteiger partial charge in [-0.3, -0.25) is 9.59 Å². The van der Waals surface area contributed by atoms with Gasteiger partial charge in [0.1, 0.15) is 0 Å². The van der Waals surface area contributed by atoms with Gasteiger partial charge in [0.15, 0.2) is 5.96 Å². The second kappa shape index (κ2) is 12.3. The van der Waals surface area contributed by atoms with Gasteiger partial charge in [0.05, 0.1) is 6.54 Å². The maximum absolute atomic E-state index is 12.0. The molecular formula is C23H30IN5O2. The molecule has 166 valence electrons. The van der Waals surface area contributed by atoms with Crippen LogP contribution in [0.1, 0.15) is 47.7 Å². The van der Waals surface area contributed by atoms with Crippen LogP contribution in [0.3, 0.4) is 0 Å². The van der Waals surface area contributed by atoms with Crippen LogP contribution in [-0.2, 0) is 11.3 Å². The van der Waals surface area contributed by atoms with Crippen molar-refractivity contribution in [3.05, 3.63) is 65.2 Å². The van der Waals surface area contributed by atoms with Gasteiger partial charge >= 0.3 is 0 Å². The molecule has 1 unspecified atom stereocenters. The highest BCUT2D eigenvalue weighted by Gasteiger charge is 2.24. The Kier molecular flexibility index (Phi) is 9.77. The molecule has 1 atom stereocenters. The minimum atomic E-state index is -0.0809. The average molecular weight is 535 g/mol. The molecule has 2 aromatic carbocycles. The summed E-state index contributed by atoms with van der Waals surface area (Å²) in [5.74, 6) is 0.719. The Bertz CT molecular complexity index is 932. The number of hydrogen-bond acceptors (Lipinski definition) is 3. The molecule has 1 heterocycles. The Morgan fingerprint density at radius 3 is 2.61 bits per heavy atom. The monoisotopic (exact) mass is 535 g/mol. The molecule has 0 radical (unpaired) electrons. The van der Waals surface area contributed by atoms with E-state index in [0.29, 0.717) is 37.6 Å². The number of benzene rings is 2. The molecule has 2 aromatic rings. The highest BCUT2D eigenvalue weighted by molar-refractivity contribution is 14.0. The summed E-state index contributed by atoms with van der Waals surface area (Å²) in [6.45, 7) is 6.29. The molecule has 0 saturated carbocycles. The highest BCUT2D eigenvalue weighted by atomic mass is 127. The van der Waals surface area contributed by atoms with E-state index in [1.54, 1.807) is 6.07 Å². The molecule has 0 saturated heterocycles. The van der Waals surface area contributed by atoms with Gasteiger partial charge in [-0.15, -0.1) is 24.0 Å². The van der Waals surface area contributed by atoms with Crippen molar-refractivity contribution < 1.29 is 9.59 Å². The largest absolute Gasteiger partial charge is 0.357 e. The van der Waals surface area contributed by atoms with Crippen LogP contribution in [0.5, 0.6) is 0 Å². The summed E-state index contributed by atoms with van der Waals surface area (Å²) in [5, 5.41) is 12.3. The summed E-state index contributed by atoms with van der Waals surface area (Å²) < 4.78 is 0. The number of nitrogens with zero attached hydrogens (tertiary/aromatic N) is 1. The molecule has 1 aliphatic rings. The number of guanidine groups is 1. The van der Waals surface area contributed by atoms with Crippen LogP contribution in [-0.4, -0.2) is 37.4 Å². The van der Waals surface area contributed by atoms with Gasteiger partial charge in [0.2, 0.25) is 5.91 Å². The summed E-state index contributed by atoms with van der Waals surface area (Å²) in [5.41, 5.74) is 3.60. The van der Waals surface area contributed by atoms with Crippen molar-refractivity contribution in [2.75, 3.05) is 25.0 Å². The average Bonchev–Trinajstić information content (AvgIpc) is 2.75. The Hall–Kier alpha value is -2.62. The van der Waals surface area contributed by atoms with Gasteiger partial charge in [-0.2, -0.15) is 0 Å². The molecule has 7 nitrogen and oxygen atoms in total. The Balaban J connectivity index is 0.00000341. The zero-order valence-electron chi connectivity index (χ0n) is 17.9. The van der Waals surface area contributed by atoms with E-state index in [-0.39, 0.29) is 41.7 Å². The fraction of sp³-hybridized carbons (Fsp3) is 0.348. The molecule has 0 fully saturated rings. The van der Waals surface area contributed by atoms with Gasteiger partial charge in [0.25, 0.3) is 5.91 Å². The zero-order valence-corrected chi connectivity index (χ0v) is 20.2. The molecule has 4 N–H and O–H groups in total.